The molecule has 1 amide bonds. The summed E-state index contributed by atoms with van der Waals surface area (Å²) in [6.45, 7) is 6.25. The molecule has 29 heavy (non-hydrogen) atoms. The number of alkyl halides is 3. The molecular weight excluding hydrogens is 480 g/mol. The predicted octanol–water partition coefficient (Wildman–Crippen LogP) is 5.27. The Labute approximate surface area is 200 Å². The number of nitrogens with zero attached hydrogens (tertiary/aromatic N) is 1. The van der Waals surface area contributed by atoms with Crippen LogP contribution < -0.4 is 4.90 Å². The molecule has 1 saturated heterocycles. The molecule has 1 aliphatic rings. The standard InChI is InChI=1S/C20H29F3NO3S.Y/c1-3-5-7-8-16(25)17-9-10-18(28-17)24-14(13-27-11-6-4-2)12-15(19(24)26)20(21,22)23;/h9-10,14-16,25H,2-8,11-13H2,1H3;/q-1;. The number of rotatable bonds is 11. The number of unbranched alkanes of at least 4 members (excludes halogenated alkanes) is 3. The maximum atomic E-state index is 13.3. The van der Waals surface area contributed by atoms with E-state index in [1.807, 2.05) is 0 Å². The van der Waals surface area contributed by atoms with Crippen LogP contribution in [-0.4, -0.2) is 36.4 Å². The molecule has 1 fully saturated rings. The van der Waals surface area contributed by atoms with Gasteiger partial charge in [0.05, 0.1) is 23.8 Å². The Hall–Kier alpha value is -0.0161. The van der Waals surface area contributed by atoms with Gasteiger partial charge in [0.15, 0.2) is 0 Å². The SMILES string of the molecule is [CH2-]CCCOCC1CC(C(F)(F)F)C(=O)N1c1ccc(C(O)CCCCC)s1.[Y]. The third kappa shape index (κ3) is 7.56. The third-order valence-electron chi connectivity index (χ3n) is 4.91. The van der Waals surface area contributed by atoms with Crippen LogP contribution in [0.2, 0.25) is 0 Å². The Kier molecular flexibility index (Phi) is 11.9. The molecular formula is C20H29F3NO3SY-. The Morgan fingerprint density at radius 1 is 1.34 bits per heavy atom. The fourth-order valence-corrected chi connectivity index (χ4v) is 4.44. The van der Waals surface area contributed by atoms with Crippen LogP contribution in [0.15, 0.2) is 12.1 Å². The first-order valence-corrected chi connectivity index (χ1v) is 10.7. The van der Waals surface area contributed by atoms with Crippen molar-refractivity contribution in [1.82, 2.24) is 0 Å². The van der Waals surface area contributed by atoms with E-state index in [9.17, 15) is 23.1 Å². The second kappa shape index (κ2) is 12.7. The first kappa shape index (κ1) is 27.0. The zero-order chi connectivity index (χ0) is 20.7. The van der Waals surface area contributed by atoms with Crippen molar-refractivity contribution >= 4 is 22.2 Å². The molecule has 1 aromatic heterocycles. The Morgan fingerprint density at radius 3 is 2.69 bits per heavy atom. The van der Waals surface area contributed by atoms with E-state index in [4.69, 9.17) is 4.74 Å². The quantitative estimate of drug-likeness (QED) is 0.327. The fraction of sp³-hybridized carbons (Fsp3) is 0.700. The van der Waals surface area contributed by atoms with E-state index in [-0.39, 0.29) is 45.7 Å². The monoisotopic (exact) mass is 509 g/mol. The van der Waals surface area contributed by atoms with Gasteiger partial charge in [-0.1, -0.05) is 32.6 Å². The summed E-state index contributed by atoms with van der Waals surface area (Å²) in [6.07, 6.45) is -0.598. The molecule has 1 aromatic rings. The minimum absolute atomic E-state index is 0. The molecule has 0 spiro atoms. The van der Waals surface area contributed by atoms with Gasteiger partial charge in [-0.2, -0.15) is 19.6 Å². The maximum absolute atomic E-state index is 13.3. The molecule has 0 saturated carbocycles. The zero-order valence-electron chi connectivity index (χ0n) is 16.8. The zero-order valence-corrected chi connectivity index (χ0v) is 20.4. The number of amides is 1. The predicted molar refractivity (Wildman–Crippen MR) is 104 cm³/mol. The van der Waals surface area contributed by atoms with Gasteiger partial charge in [-0.15, -0.1) is 11.3 Å². The number of carbonyl (C=O) groups excluding carboxylic acids is 1. The van der Waals surface area contributed by atoms with Gasteiger partial charge in [0.2, 0.25) is 5.91 Å². The van der Waals surface area contributed by atoms with Crippen molar-refractivity contribution in [2.24, 2.45) is 5.92 Å². The number of carbonyl (C=O) groups is 1. The van der Waals surface area contributed by atoms with Gasteiger partial charge in [-0.3, -0.25) is 9.69 Å². The minimum atomic E-state index is -4.57. The largest absolute Gasteiger partial charge is 0.400 e. The van der Waals surface area contributed by atoms with Gasteiger partial charge in [0.25, 0.3) is 0 Å². The first-order valence-electron chi connectivity index (χ1n) is 9.84. The van der Waals surface area contributed by atoms with Crippen molar-refractivity contribution in [3.8, 4) is 0 Å². The van der Waals surface area contributed by atoms with E-state index in [1.54, 1.807) is 12.1 Å². The van der Waals surface area contributed by atoms with E-state index >= 15 is 0 Å². The van der Waals surface area contributed by atoms with E-state index in [0.29, 0.717) is 29.3 Å². The number of hydrogen-bond acceptors (Lipinski definition) is 4. The molecule has 3 unspecified atom stereocenters. The summed E-state index contributed by atoms with van der Waals surface area (Å²) >= 11 is 1.18. The summed E-state index contributed by atoms with van der Waals surface area (Å²) in [4.78, 5) is 14.4. The molecule has 2 heterocycles. The van der Waals surface area contributed by atoms with E-state index in [2.05, 4.69) is 13.8 Å². The summed E-state index contributed by atoms with van der Waals surface area (Å²) in [7, 11) is 0. The smallest absolute Gasteiger partial charge is 0.388 e. The van der Waals surface area contributed by atoms with Crippen LogP contribution in [0.4, 0.5) is 18.2 Å². The molecule has 163 valence electrons. The second-order valence-electron chi connectivity index (χ2n) is 7.16. The Bertz CT molecular complexity index is 626. The summed E-state index contributed by atoms with van der Waals surface area (Å²) < 4.78 is 45.4. The van der Waals surface area contributed by atoms with Crippen LogP contribution in [0.25, 0.3) is 0 Å². The van der Waals surface area contributed by atoms with Crippen LogP contribution in [0.1, 0.15) is 62.9 Å². The van der Waals surface area contributed by atoms with Crippen LogP contribution in [0.3, 0.4) is 0 Å². The Balaban J connectivity index is 0.00000420. The summed E-state index contributed by atoms with van der Waals surface area (Å²) in [6, 6.07) is 2.67. The first-order chi connectivity index (χ1) is 13.3. The fourth-order valence-electron chi connectivity index (χ4n) is 3.34. The summed E-state index contributed by atoms with van der Waals surface area (Å²) in [5.41, 5.74) is 0. The van der Waals surface area contributed by atoms with Crippen LogP contribution in [0, 0.1) is 12.8 Å². The normalized spacial score (nSPS) is 20.8. The molecule has 0 aliphatic carbocycles. The molecule has 0 bridgehead atoms. The number of aliphatic hydroxyl groups is 1. The summed E-state index contributed by atoms with van der Waals surface area (Å²) in [5, 5.41) is 10.8. The van der Waals surface area contributed by atoms with Crippen molar-refractivity contribution in [3.63, 3.8) is 0 Å². The van der Waals surface area contributed by atoms with Gasteiger partial charge in [-0.05, 0) is 25.0 Å². The number of ether oxygens (including phenoxy) is 1. The summed E-state index contributed by atoms with van der Waals surface area (Å²) in [5.74, 6) is -2.94. The van der Waals surface area contributed by atoms with Crippen LogP contribution >= 0.6 is 11.3 Å². The number of aliphatic hydroxyl groups excluding tert-OH is 1. The van der Waals surface area contributed by atoms with Crippen molar-refractivity contribution < 1.29 is 60.5 Å². The van der Waals surface area contributed by atoms with Crippen LogP contribution in [-0.2, 0) is 42.2 Å². The molecule has 0 aromatic carbocycles. The average Bonchev–Trinajstić information content (AvgIpc) is 3.23. The van der Waals surface area contributed by atoms with Gasteiger partial charge >= 0.3 is 6.18 Å². The van der Waals surface area contributed by atoms with Crippen molar-refractivity contribution in [1.29, 1.82) is 0 Å². The molecule has 2 rings (SSSR count). The van der Waals surface area contributed by atoms with Crippen molar-refractivity contribution in [3.05, 3.63) is 23.9 Å². The topological polar surface area (TPSA) is 49.8 Å². The van der Waals surface area contributed by atoms with E-state index < -0.39 is 30.1 Å². The molecule has 1 aliphatic heterocycles. The van der Waals surface area contributed by atoms with Crippen LogP contribution in [0.5, 0.6) is 0 Å². The van der Waals surface area contributed by atoms with Gasteiger partial charge in [0, 0.05) is 44.2 Å². The third-order valence-corrected chi connectivity index (χ3v) is 6.10. The van der Waals surface area contributed by atoms with E-state index in [0.717, 1.165) is 25.7 Å². The maximum Gasteiger partial charge on any atom is 0.400 e. The van der Waals surface area contributed by atoms with Gasteiger partial charge in [0.1, 0.15) is 5.92 Å². The van der Waals surface area contributed by atoms with Gasteiger partial charge < -0.3 is 16.8 Å². The number of hydrogen-bond donors (Lipinski definition) is 1. The number of anilines is 1. The number of thiophene rings is 1. The molecule has 1 N–H and O–H groups in total. The molecule has 3 atom stereocenters. The molecule has 1 radical (unpaired) electrons. The molecule has 4 nitrogen and oxygen atoms in total. The Morgan fingerprint density at radius 2 is 2.07 bits per heavy atom. The van der Waals surface area contributed by atoms with Gasteiger partial charge in [-0.25, -0.2) is 0 Å². The van der Waals surface area contributed by atoms with Crippen molar-refractivity contribution in [2.75, 3.05) is 18.1 Å². The average molecular weight is 509 g/mol. The van der Waals surface area contributed by atoms with E-state index in [1.165, 1.54) is 16.2 Å². The number of halogens is 3. The molecule has 9 heteroatoms. The second-order valence-corrected chi connectivity index (χ2v) is 8.26. The van der Waals surface area contributed by atoms with Crippen molar-refractivity contribution in [2.45, 2.75) is 70.2 Å². The minimum Gasteiger partial charge on any atom is -0.388 e.